The topological polar surface area (TPSA) is 111 Å². The zero-order chi connectivity index (χ0) is 27.2. The van der Waals surface area contributed by atoms with Crippen LogP contribution in [0.4, 0.5) is 4.79 Å². The van der Waals surface area contributed by atoms with Crippen molar-refractivity contribution in [2.45, 2.75) is 44.4 Å². The summed E-state index contributed by atoms with van der Waals surface area (Å²) < 4.78 is 10.1. The summed E-state index contributed by atoms with van der Waals surface area (Å²) in [5.41, 5.74) is 2.54. The molecular formula is C30H32N2O6. The zero-order valence-electron chi connectivity index (χ0n) is 21.3. The Morgan fingerprint density at radius 3 is 1.68 bits per heavy atom. The Morgan fingerprint density at radius 1 is 0.658 bits per heavy atom. The molecular weight excluding hydrogens is 484 g/mol. The molecule has 8 nitrogen and oxygen atoms in total. The number of rotatable bonds is 13. The first-order valence-electron chi connectivity index (χ1n) is 12.4. The summed E-state index contributed by atoms with van der Waals surface area (Å²) in [4.78, 5) is 50.4. The highest BCUT2D eigenvalue weighted by Gasteiger charge is 2.25. The van der Waals surface area contributed by atoms with Gasteiger partial charge in [-0.1, -0.05) is 91.0 Å². The van der Waals surface area contributed by atoms with Crippen molar-refractivity contribution in [1.29, 1.82) is 0 Å². The van der Waals surface area contributed by atoms with Gasteiger partial charge in [0.15, 0.2) is 5.78 Å². The van der Waals surface area contributed by atoms with Crippen molar-refractivity contribution in [3.8, 4) is 0 Å². The molecule has 0 aliphatic carbocycles. The maximum absolute atomic E-state index is 13.1. The van der Waals surface area contributed by atoms with Gasteiger partial charge in [-0.3, -0.25) is 9.59 Å². The van der Waals surface area contributed by atoms with Gasteiger partial charge in [-0.2, -0.15) is 0 Å². The van der Waals surface area contributed by atoms with E-state index in [0.717, 1.165) is 16.7 Å². The second-order valence-corrected chi connectivity index (χ2v) is 8.75. The van der Waals surface area contributed by atoms with Gasteiger partial charge >= 0.3 is 12.1 Å². The minimum Gasteiger partial charge on any atom is -0.467 e. The van der Waals surface area contributed by atoms with Crippen LogP contribution in [0.1, 0.15) is 29.5 Å². The van der Waals surface area contributed by atoms with E-state index in [0.29, 0.717) is 0 Å². The van der Waals surface area contributed by atoms with Crippen LogP contribution in [0.2, 0.25) is 0 Å². The molecule has 3 aromatic rings. The number of carbonyl (C=O) groups excluding carboxylic acids is 4. The van der Waals surface area contributed by atoms with Crippen molar-refractivity contribution in [1.82, 2.24) is 10.6 Å². The number of ketones is 1. The third-order valence-corrected chi connectivity index (χ3v) is 5.88. The smallest absolute Gasteiger partial charge is 0.408 e. The van der Waals surface area contributed by atoms with Gasteiger partial charge < -0.3 is 20.1 Å². The van der Waals surface area contributed by atoms with Gasteiger partial charge in [0.25, 0.3) is 0 Å². The van der Waals surface area contributed by atoms with E-state index in [2.05, 4.69) is 10.6 Å². The fourth-order valence-corrected chi connectivity index (χ4v) is 3.87. The van der Waals surface area contributed by atoms with Crippen LogP contribution in [-0.2, 0) is 43.3 Å². The molecule has 0 radical (unpaired) electrons. The second-order valence-electron chi connectivity index (χ2n) is 8.75. The highest BCUT2D eigenvalue weighted by atomic mass is 16.5. The molecule has 0 aromatic heterocycles. The van der Waals surface area contributed by atoms with Gasteiger partial charge in [0.2, 0.25) is 5.91 Å². The van der Waals surface area contributed by atoms with Crippen molar-refractivity contribution in [2.75, 3.05) is 7.11 Å². The van der Waals surface area contributed by atoms with Crippen molar-refractivity contribution in [3.63, 3.8) is 0 Å². The Morgan fingerprint density at radius 2 is 1.16 bits per heavy atom. The summed E-state index contributed by atoms with van der Waals surface area (Å²) >= 11 is 0. The predicted octanol–water partition coefficient (Wildman–Crippen LogP) is 3.77. The van der Waals surface area contributed by atoms with Gasteiger partial charge in [0, 0.05) is 19.3 Å². The zero-order valence-corrected chi connectivity index (χ0v) is 21.3. The SMILES string of the molecule is COC(=O)[C@H](Cc1ccccc1)NC(=O)CCC(=O)[C@H](Cc1ccccc1)NC(=O)OCc1ccccc1. The van der Waals surface area contributed by atoms with Gasteiger partial charge in [-0.25, -0.2) is 9.59 Å². The van der Waals surface area contributed by atoms with E-state index in [1.165, 1.54) is 7.11 Å². The van der Waals surface area contributed by atoms with Crippen LogP contribution < -0.4 is 10.6 Å². The van der Waals surface area contributed by atoms with E-state index in [-0.39, 0.29) is 38.1 Å². The van der Waals surface area contributed by atoms with E-state index in [9.17, 15) is 19.2 Å². The molecule has 2 amide bonds. The number of benzene rings is 3. The number of ether oxygens (including phenoxy) is 2. The monoisotopic (exact) mass is 516 g/mol. The number of amides is 2. The molecule has 2 atom stereocenters. The fourth-order valence-electron chi connectivity index (χ4n) is 3.87. The van der Waals surface area contributed by atoms with Crippen LogP contribution in [0, 0.1) is 0 Å². The lowest BCUT2D eigenvalue weighted by Gasteiger charge is -2.19. The van der Waals surface area contributed by atoms with Gasteiger partial charge in [-0.05, 0) is 23.1 Å². The third kappa shape index (κ3) is 9.54. The first-order valence-corrected chi connectivity index (χ1v) is 12.4. The average molecular weight is 517 g/mol. The summed E-state index contributed by atoms with van der Waals surface area (Å²) in [7, 11) is 1.26. The Bertz CT molecular complexity index is 1190. The van der Waals surface area contributed by atoms with Crippen molar-refractivity contribution < 1.29 is 28.7 Å². The molecule has 198 valence electrons. The third-order valence-electron chi connectivity index (χ3n) is 5.88. The first kappa shape index (κ1) is 28.1. The van der Waals surface area contributed by atoms with Crippen LogP contribution >= 0.6 is 0 Å². The van der Waals surface area contributed by atoms with Crippen LogP contribution in [0.25, 0.3) is 0 Å². The highest BCUT2D eigenvalue weighted by Crippen LogP contribution is 2.10. The molecule has 8 heteroatoms. The van der Waals surface area contributed by atoms with Crippen LogP contribution in [0.15, 0.2) is 91.0 Å². The minimum absolute atomic E-state index is 0.0671. The van der Waals surface area contributed by atoms with Crippen molar-refractivity contribution >= 4 is 23.8 Å². The van der Waals surface area contributed by atoms with E-state index in [1.54, 1.807) is 0 Å². The lowest BCUT2D eigenvalue weighted by Crippen LogP contribution is -2.45. The van der Waals surface area contributed by atoms with E-state index < -0.39 is 30.1 Å². The molecule has 0 bridgehead atoms. The summed E-state index contributed by atoms with van der Waals surface area (Å²) in [6, 6.07) is 26.0. The standard InChI is InChI=1S/C30H32N2O6/c1-37-29(35)26(20-23-13-7-3-8-14-23)31-28(34)18-17-27(33)25(19-22-11-5-2-6-12-22)32-30(36)38-21-24-15-9-4-10-16-24/h2-16,25-26H,17-21H2,1H3,(H,31,34)(H,32,36)/t25-,26-/m0/s1. The molecule has 0 aliphatic rings. The summed E-state index contributed by atoms with van der Waals surface area (Å²) in [6.07, 6.45) is -0.477. The molecule has 0 spiro atoms. The molecule has 0 saturated carbocycles. The van der Waals surface area contributed by atoms with Gasteiger partial charge in [-0.15, -0.1) is 0 Å². The van der Waals surface area contributed by atoms with Crippen LogP contribution in [-0.4, -0.2) is 42.9 Å². The number of methoxy groups -OCH3 is 1. The largest absolute Gasteiger partial charge is 0.467 e. The van der Waals surface area contributed by atoms with E-state index in [1.807, 2.05) is 91.0 Å². The Balaban J connectivity index is 1.58. The summed E-state index contributed by atoms with van der Waals surface area (Å²) in [5, 5.41) is 5.31. The lowest BCUT2D eigenvalue weighted by atomic mass is 9.99. The van der Waals surface area contributed by atoms with Crippen LogP contribution in [0.5, 0.6) is 0 Å². The molecule has 38 heavy (non-hydrogen) atoms. The molecule has 3 rings (SSSR count). The molecule has 2 N–H and O–H groups in total. The molecule has 3 aromatic carbocycles. The van der Waals surface area contributed by atoms with Gasteiger partial charge in [0.05, 0.1) is 13.2 Å². The molecule has 0 saturated heterocycles. The van der Waals surface area contributed by atoms with Crippen molar-refractivity contribution in [2.24, 2.45) is 0 Å². The van der Waals surface area contributed by atoms with E-state index >= 15 is 0 Å². The fraction of sp³-hybridized carbons (Fsp3) is 0.267. The highest BCUT2D eigenvalue weighted by molar-refractivity contribution is 5.91. The Kier molecular flexibility index (Phi) is 11.1. The number of Topliss-reactive ketones (excluding diaryl/α,β-unsaturated/α-hetero) is 1. The first-order chi connectivity index (χ1) is 18.4. The number of hydrogen-bond donors (Lipinski definition) is 2. The Hall–Kier alpha value is -4.46. The van der Waals surface area contributed by atoms with E-state index in [4.69, 9.17) is 9.47 Å². The number of nitrogens with one attached hydrogen (secondary N) is 2. The van der Waals surface area contributed by atoms with Crippen molar-refractivity contribution in [3.05, 3.63) is 108 Å². The molecule has 0 unspecified atom stereocenters. The Labute approximate surface area is 222 Å². The second kappa shape index (κ2) is 14.9. The normalized spacial score (nSPS) is 12.0. The number of esters is 1. The number of carbonyl (C=O) groups is 4. The number of alkyl carbamates (subject to hydrolysis) is 1. The van der Waals surface area contributed by atoms with Gasteiger partial charge in [0.1, 0.15) is 12.6 Å². The van der Waals surface area contributed by atoms with Crippen LogP contribution in [0.3, 0.4) is 0 Å². The quantitative estimate of drug-likeness (QED) is 0.335. The molecule has 0 heterocycles. The summed E-state index contributed by atoms with van der Waals surface area (Å²) in [6.45, 7) is 0.0671. The molecule has 0 aliphatic heterocycles. The average Bonchev–Trinajstić information content (AvgIpc) is 2.95. The predicted molar refractivity (Wildman–Crippen MR) is 142 cm³/mol. The lowest BCUT2D eigenvalue weighted by molar-refractivity contribution is -0.145. The maximum atomic E-state index is 13.1. The number of hydrogen-bond acceptors (Lipinski definition) is 6. The molecule has 0 fully saturated rings. The minimum atomic E-state index is -0.880. The summed E-state index contributed by atoms with van der Waals surface area (Å²) in [5.74, 6) is -1.36. The maximum Gasteiger partial charge on any atom is 0.408 e.